The van der Waals surface area contributed by atoms with Crippen molar-refractivity contribution >= 4 is 17.8 Å². The molecule has 2 aliphatic rings. The van der Waals surface area contributed by atoms with Crippen LogP contribution in [0.4, 0.5) is 13.2 Å². The molecule has 0 aromatic heterocycles. The molecule has 2 unspecified atom stereocenters. The lowest BCUT2D eigenvalue weighted by molar-refractivity contribution is -0.227. The fraction of sp³-hybridized carbons (Fsp3) is 0.812. The molecule has 0 aromatic carbocycles. The van der Waals surface area contributed by atoms with E-state index in [1.54, 1.807) is 0 Å². The van der Waals surface area contributed by atoms with Crippen LogP contribution < -0.4 is 0 Å². The molecule has 25 heavy (non-hydrogen) atoms. The minimum absolute atomic E-state index is 0.180. The maximum atomic E-state index is 13.3. The second-order valence-electron chi connectivity index (χ2n) is 6.74. The molecule has 1 N–H and O–H groups in total. The maximum Gasteiger partial charge on any atom is 0.406 e. The van der Waals surface area contributed by atoms with E-state index in [1.807, 2.05) is 6.92 Å². The molecule has 142 valence electrons. The predicted octanol–water partition coefficient (Wildman–Crippen LogP) is 2.03. The second-order valence-corrected chi connectivity index (χ2v) is 6.74. The molecule has 0 aromatic rings. The molecule has 2 amide bonds. The van der Waals surface area contributed by atoms with Gasteiger partial charge in [0.1, 0.15) is 6.04 Å². The Hall–Kier alpha value is -1.80. The summed E-state index contributed by atoms with van der Waals surface area (Å²) in [6.45, 7) is 1.09. The Bertz CT molecular complexity index is 552. The van der Waals surface area contributed by atoms with E-state index in [9.17, 15) is 27.6 Å². The number of likely N-dealkylation sites (tertiary alicyclic amines) is 2. The Kier molecular flexibility index (Phi) is 5.63. The number of halogens is 3. The van der Waals surface area contributed by atoms with Crippen LogP contribution in [0.5, 0.6) is 0 Å². The van der Waals surface area contributed by atoms with Gasteiger partial charge in [0.05, 0.1) is 0 Å². The molecule has 0 bridgehead atoms. The van der Waals surface area contributed by atoms with Crippen LogP contribution in [-0.2, 0) is 14.4 Å². The van der Waals surface area contributed by atoms with Gasteiger partial charge in [0.2, 0.25) is 11.8 Å². The van der Waals surface area contributed by atoms with Crippen molar-refractivity contribution in [2.24, 2.45) is 5.41 Å². The average molecular weight is 364 g/mol. The van der Waals surface area contributed by atoms with Gasteiger partial charge in [-0.3, -0.25) is 14.4 Å². The number of carbonyl (C=O) groups excluding carboxylic acids is 2. The van der Waals surface area contributed by atoms with Crippen LogP contribution >= 0.6 is 0 Å². The van der Waals surface area contributed by atoms with E-state index < -0.39 is 42.5 Å². The Morgan fingerprint density at radius 2 is 1.88 bits per heavy atom. The number of rotatable bonds is 4. The largest absolute Gasteiger partial charge is 0.481 e. The van der Waals surface area contributed by atoms with E-state index in [1.165, 1.54) is 4.90 Å². The van der Waals surface area contributed by atoms with Gasteiger partial charge in [0.15, 0.2) is 5.41 Å². The Balaban J connectivity index is 2.17. The molecule has 2 atom stereocenters. The highest BCUT2D eigenvalue weighted by Gasteiger charge is 2.64. The molecule has 6 nitrogen and oxygen atoms in total. The quantitative estimate of drug-likeness (QED) is 0.828. The van der Waals surface area contributed by atoms with Gasteiger partial charge < -0.3 is 14.9 Å². The van der Waals surface area contributed by atoms with E-state index in [-0.39, 0.29) is 18.9 Å². The van der Waals surface area contributed by atoms with Gasteiger partial charge in [-0.1, -0.05) is 6.92 Å². The number of amides is 2. The molecular formula is C16H23F3N2O4. The third kappa shape index (κ3) is 3.59. The van der Waals surface area contributed by atoms with E-state index >= 15 is 0 Å². The molecule has 9 heteroatoms. The van der Waals surface area contributed by atoms with Crippen LogP contribution in [0.15, 0.2) is 0 Å². The number of alkyl halides is 3. The minimum atomic E-state index is -4.93. The highest BCUT2D eigenvalue weighted by molar-refractivity contribution is 5.89. The van der Waals surface area contributed by atoms with Crippen molar-refractivity contribution in [1.29, 1.82) is 0 Å². The van der Waals surface area contributed by atoms with E-state index in [0.29, 0.717) is 25.8 Å². The molecule has 0 saturated carbocycles. The van der Waals surface area contributed by atoms with Crippen molar-refractivity contribution in [3.05, 3.63) is 0 Å². The Morgan fingerprint density at radius 3 is 2.40 bits per heavy atom. The summed E-state index contributed by atoms with van der Waals surface area (Å²) in [5, 5.41) is 9.10. The first-order valence-corrected chi connectivity index (χ1v) is 8.52. The zero-order chi connectivity index (χ0) is 18.8. The fourth-order valence-corrected chi connectivity index (χ4v) is 3.58. The fourth-order valence-electron chi connectivity index (χ4n) is 3.58. The van der Waals surface area contributed by atoms with Crippen molar-refractivity contribution in [2.75, 3.05) is 19.6 Å². The first-order valence-electron chi connectivity index (χ1n) is 8.52. The summed E-state index contributed by atoms with van der Waals surface area (Å²) in [5.41, 5.74) is -2.92. The van der Waals surface area contributed by atoms with Gasteiger partial charge in [-0.05, 0) is 32.1 Å². The molecule has 2 fully saturated rings. The zero-order valence-corrected chi connectivity index (χ0v) is 14.1. The number of hydrogen-bond donors (Lipinski definition) is 1. The first-order chi connectivity index (χ1) is 11.6. The second kappa shape index (κ2) is 7.21. The molecule has 0 spiro atoms. The third-order valence-electron chi connectivity index (χ3n) is 5.11. The van der Waals surface area contributed by atoms with Crippen molar-refractivity contribution in [1.82, 2.24) is 9.80 Å². The summed E-state index contributed by atoms with van der Waals surface area (Å²) < 4.78 is 39.8. The number of nitrogens with zero attached hydrogens (tertiary/aromatic N) is 2. The highest BCUT2D eigenvalue weighted by atomic mass is 19.4. The van der Waals surface area contributed by atoms with Crippen LogP contribution in [0.1, 0.15) is 45.4 Å². The van der Waals surface area contributed by atoms with Crippen molar-refractivity contribution in [2.45, 2.75) is 57.7 Å². The van der Waals surface area contributed by atoms with E-state index in [0.717, 1.165) is 11.3 Å². The van der Waals surface area contributed by atoms with Gasteiger partial charge in [0.25, 0.3) is 0 Å². The topological polar surface area (TPSA) is 77.9 Å². The van der Waals surface area contributed by atoms with Gasteiger partial charge in [-0.15, -0.1) is 0 Å². The molecule has 2 aliphatic heterocycles. The van der Waals surface area contributed by atoms with Gasteiger partial charge in [-0.25, -0.2) is 0 Å². The average Bonchev–Trinajstić information content (AvgIpc) is 3.01. The monoisotopic (exact) mass is 364 g/mol. The SMILES string of the molecule is CCCC(=O)N1CCCCC1C(=O)N1CCC(C(=O)O)(C(F)(F)F)C1. The highest BCUT2D eigenvalue weighted by Crippen LogP contribution is 2.46. The summed E-state index contributed by atoms with van der Waals surface area (Å²) in [6, 6.07) is -0.786. The van der Waals surface area contributed by atoms with Gasteiger partial charge in [0, 0.05) is 26.1 Å². The molecule has 2 rings (SSSR count). The Morgan fingerprint density at radius 1 is 1.20 bits per heavy atom. The summed E-state index contributed by atoms with van der Waals surface area (Å²) in [6.07, 6.45) is -2.83. The van der Waals surface area contributed by atoms with Gasteiger partial charge in [-0.2, -0.15) is 13.2 Å². The van der Waals surface area contributed by atoms with Crippen LogP contribution in [0.3, 0.4) is 0 Å². The van der Waals surface area contributed by atoms with Crippen molar-refractivity contribution in [3.63, 3.8) is 0 Å². The first kappa shape index (κ1) is 19.5. The minimum Gasteiger partial charge on any atom is -0.481 e. The van der Waals surface area contributed by atoms with E-state index in [4.69, 9.17) is 5.11 Å². The number of piperidine rings is 1. The summed E-state index contributed by atoms with van der Waals surface area (Å²) in [5.74, 6) is -2.71. The zero-order valence-electron chi connectivity index (χ0n) is 14.1. The lowest BCUT2D eigenvalue weighted by atomic mass is 9.86. The summed E-state index contributed by atoms with van der Waals surface area (Å²) in [4.78, 5) is 38.6. The molecule has 2 heterocycles. The van der Waals surface area contributed by atoms with E-state index in [2.05, 4.69) is 0 Å². The summed E-state index contributed by atoms with van der Waals surface area (Å²) in [7, 11) is 0. The number of carbonyl (C=O) groups is 3. The van der Waals surface area contributed by atoms with Crippen LogP contribution in [-0.4, -0.2) is 64.5 Å². The normalized spacial score (nSPS) is 27.4. The standard InChI is InChI=1S/C16H23F3N2O4/c1-2-5-12(22)21-8-4-3-6-11(21)13(23)20-9-7-15(10-20,14(24)25)16(17,18)19/h11H,2-10H2,1H3,(H,24,25). The maximum absolute atomic E-state index is 13.3. The summed E-state index contributed by atoms with van der Waals surface area (Å²) >= 11 is 0. The van der Waals surface area contributed by atoms with Crippen LogP contribution in [0.2, 0.25) is 0 Å². The number of carboxylic acid groups (broad SMARTS) is 1. The molecular weight excluding hydrogens is 341 g/mol. The van der Waals surface area contributed by atoms with Crippen molar-refractivity contribution < 1.29 is 32.7 Å². The van der Waals surface area contributed by atoms with Crippen LogP contribution in [0, 0.1) is 5.41 Å². The number of aliphatic carboxylic acids is 1. The van der Waals surface area contributed by atoms with Crippen molar-refractivity contribution in [3.8, 4) is 0 Å². The molecule has 0 radical (unpaired) electrons. The number of carboxylic acids is 1. The lowest BCUT2D eigenvalue weighted by Crippen LogP contribution is -2.54. The predicted molar refractivity (Wildman–Crippen MR) is 81.6 cm³/mol. The lowest BCUT2D eigenvalue weighted by Gasteiger charge is -2.37. The Labute approximate surface area is 143 Å². The number of hydrogen-bond acceptors (Lipinski definition) is 3. The van der Waals surface area contributed by atoms with Gasteiger partial charge >= 0.3 is 12.1 Å². The van der Waals surface area contributed by atoms with Crippen LogP contribution in [0.25, 0.3) is 0 Å². The third-order valence-corrected chi connectivity index (χ3v) is 5.11. The smallest absolute Gasteiger partial charge is 0.406 e. The molecule has 2 saturated heterocycles. The molecule has 0 aliphatic carbocycles.